The van der Waals surface area contributed by atoms with Crippen LogP contribution >= 0.6 is 0 Å². The number of carbonyl (C=O) groups excluding carboxylic acids is 1. The molecule has 0 unspecified atom stereocenters. The highest BCUT2D eigenvalue weighted by Crippen LogP contribution is 2.26. The number of fused-ring (bicyclic) bond motifs is 1. The van der Waals surface area contributed by atoms with Gasteiger partial charge in [0, 0.05) is 5.69 Å². The number of amides is 1. The van der Waals surface area contributed by atoms with Crippen LogP contribution < -0.4 is 14.8 Å². The number of ether oxygens (including phenoxy) is 2. The van der Waals surface area contributed by atoms with Gasteiger partial charge in [-0.1, -0.05) is 24.3 Å². The maximum atomic E-state index is 12.6. The Kier molecular flexibility index (Phi) is 5.42. The van der Waals surface area contributed by atoms with Gasteiger partial charge in [-0.15, -0.1) is 0 Å². The number of hydrogen-bond donors (Lipinski definition) is 1. The van der Waals surface area contributed by atoms with E-state index >= 15 is 0 Å². The van der Waals surface area contributed by atoms with Crippen LogP contribution in [0, 0.1) is 0 Å². The zero-order chi connectivity index (χ0) is 18.5. The number of carbonyl (C=O) groups is 1. The van der Waals surface area contributed by atoms with Crippen LogP contribution in [-0.2, 0) is 4.79 Å². The molecule has 26 heavy (non-hydrogen) atoms. The van der Waals surface area contributed by atoms with Crippen LogP contribution in [0.1, 0.15) is 25.3 Å². The Morgan fingerprint density at radius 1 is 0.962 bits per heavy atom. The lowest BCUT2D eigenvalue weighted by Gasteiger charge is -2.14. The van der Waals surface area contributed by atoms with Gasteiger partial charge >= 0.3 is 0 Å². The largest absolute Gasteiger partial charge is 0.497 e. The van der Waals surface area contributed by atoms with Gasteiger partial charge in [-0.2, -0.15) is 0 Å². The van der Waals surface area contributed by atoms with E-state index in [1.54, 1.807) is 7.11 Å². The van der Waals surface area contributed by atoms with Gasteiger partial charge in [0.25, 0.3) is 0 Å². The van der Waals surface area contributed by atoms with Gasteiger partial charge in [-0.3, -0.25) is 4.79 Å². The predicted octanol–water partition coefficient (Wildman–Crippen LogP) is 4.99. The molecule has 0 aliphatic carbocycles. The molecule has 3 aromatic carbocycles. The highest BCUT2D eigenvalue weighted by molar-refractivity contribution is 5.96. The minimum absolute atomic E-state index is 0.0398. The summed E-state index contributed by atoms with van der Waals surface area (Å²) in [7, 11) is 1.66. The quantitative estimate of drug-likeness (QED) is 0.682. The fourth-order valence-corrected chi connectivity index (χ4v) is 2.84. The Balaban J connectivity index is 1.74. The highest BCUT2D eigenvalue weighted by atomic mass is 16.5. The summed E-state index contributed by atoms with van der Waals surface area (Å²) in [4.78, 5) is 12.6. The first kappa shape index (κ1) is 17.8. The number of anilines is 1. The van der Waals surface area contributed by atoms with Crippen molar-refractivity contribution >= 4 is 22.4 Å². The topological polar surface area (TPSA) is 47.6 Å². The standard InChI is InChI=1S/C22H23NO3/c1-4-26-20-11-8-19(9-12-20)23-22(24)15(2)16-5-6-18-14-21(25-3)10-7-17(18)13-16/h5-15H,4H2,1-3H3,(H,23,24)/t15-/m0/s1. The Morgan fingerprint density at radius 3 is 2.31 bits per heavy atom. The predicted molar refractivity (Wildman–Crippen MR) is 105 cm³/mol. The Hall–Kier alpha value is -3.01. The van der Waals surface area contributed by atoms with Crippen molar-refractivity contribution in [2.24, 2.45) is 0 Å². The Bertz CT molecular complexity index is 903. The fourth-order valence-electron chi connectivity index (χ4n) is 2.84. The van der Waals surface area contributed by atoms with Crippen molar-refractivity contribution in [3.05, 3.63) is 66.2 Å². The molecule has 0 spiro atoms. The molecule has 3 aromatic rings. The third kappa shape index (κ3) is 3.97. The summed E-state index contributed by atoms with van der Waals surface area (Å²) < 4.78 is 10.7. The van der Waals surface area contributed by atoms with Crippen molar-refractivity contribution in [1.82, 2.24) is 0 Å². The SMILES string of the molecule is CCOc1ccc(NC(=O)[C@@H](C)c2ccc3cc(OC)ccc3c2)cc1. The molecular weight excluding hydrogens is 326 g/mol. The maximum Gasteiger partial charge on any atom is 0.231 e. The molecule has 0 aliphatic rings. The molecule has 0 bridgehead atoms. The van der Waals surface area contributed by atoms with Crippen LogP contribution in [0.3, 0.4) is 0 Å². The average molecular weight is 349 g/mol. The van der Waals surface area contributed by atoms with Crippen LogP contribution in [-0.4, -0.2) is 19.6 Å². The summed E-state index contributed by atoms with van der Waals surface area (Å²) >= 11 is 0. The molecule has 4 heteroatoms. The molecule has 1 atom stereocenters. The highest BCUT2D eigenvalue weighted by Gasteiger charge is 2.16. The van der Waals surface area contributed by atoms with Crippen molar-refractivity contribution in [3.63, 3.8) is 0 Å². The van der Waals surface area contributed by atoms with Crippen LogP contribution in [0.15, 0.2) is 60.7 Å². The lowest BCUT2D eigenvalue weighted by Crippen LogP contribution is -2.18. The van der Waals surface area contributed by atoms with Gasteiger partial charge in [-0.25, -0.2) is 0 Å². The lowest BCUT2D eigenvalue weighted by atomic mass is 9.97. The average Bonchev–Trinajstić information content (AvgIpc) is 2.68. The molecule has 134 valence electrons. The minimum atomic E-state index is -0.256. The number of methoxy groups -OCH3 is 1. The summed E-state index contributed by atoms with van der Waals surface area (Å²) in [6.45, 7) is 4.47. The van der Waals surface area contributed by atoms with Crippen molar-refractivity contribution in [2.75, 3.05) is 19.0 Å². The van der Waals surface area contributed by atoms with E-state index in [0.29, 0.717) is 6.61 Å². The zero-order valence-corrected chi connectivity index (χ0v) is 15.3. The van der Waals surface area contributed by atoms with E-state index in [-0.39, 0.29) is 11.8 Å². The van der Waals surface area contributed by atoms with E-state index < -0.39 is 0 Å². The van der Waals surface area contributed by atoms with E-state index in [2.05, 4.69) is 11.4 Å². The van der Waals surface area contributed by atoms with Crippen LogP contribution in [0.4, 0.5) is 5.69 Å². The van der Waals surface area contributed by atoms with E-state index in [1.165, 1.54) is 0 Å². The molecule has 0 heterocycles. The Morgan fingerprint density at radius 2 is 1.62 bits per heavy atom. The van der Waals surface area contributed by atoms with Crippen LogP contribution in [0.5, 0.6) is 11.5 Å². The van der Waals surface area contributed by atoms with Gasteiger partial charge < -0.3 is 14.8 Å². The molecule has 0 saturated heterocycles. The second kappa shape index (κ2) is 7.91. The molecule has 0 aromatic heterocycles. The van der Waals surface area contributed by atoms with Gasteiger partial charge in [-0.05, 0) is 66.6 Å². The fraction of sp³-hybridized carbons (Fsp3) is 0.227. The third-order valence-corrected chi connectivity index (χ3v) is 4.40. The van der Waals surface area contributed by atoms with Gasteiger partial charge in [0.05, 0.1) is 19.6 Å². The van der Waals surface area contributed by atoms with Crippen molar-refractivity contribution in [3.8, 4) is 11.5 Å². The monoisotopic (exact) mass is 349 g/mol. The van der Waals surface area contributed by atoms with Crippen molar-refractivity contribution in [1.29, 1.82) is 0 Å². The number of rotatable bonds is 6. The van der Waals surface area contributed by atoms with E-state index in [4.69, 9.17) is 9.47 Å². The molecule has 0 fully saturated rings. The minimum Gasteiger partial charge on any atom is -0.497 e. The number of nitrogens with one attached hydrogen (secondary N) is 1. The smallest absolute Gasteiger partial charge is 0.231 e. The third-order valence-electron chi connectivity index (χ3n) is 4.40. The molecule has 0 saturated carbocycles. The second-order valence-corrected chi connectivity index (χ2v) is 6.14. The van der Waals surface area contributed by atoms with Crippen molar-refractivity contribution in [2.45, 2.75) is 19.8 Å². The first-order valence-electron chi connectivity index (χ1n) is 8.72. The molecule has 0 aliphatic heterocycles. The lowest BCUT2D eigenvalue weighted by molar-refractivity contribution is -0.117. The van der Waals surface area contributed by atoms with Crippen LogP contribution in [0.2, 0.25) is 0 Å². The molecule has 1 amide bonds. The molecule has 3 rings (SSSR count). The van der Waals surface area contributed by atoms with E-state index in [1.807, 2.05) is 68.4 Å². The van der Waals surface area contributed by atoms with Gasteiger partial charge in [0.1, 0.15) is 11.5 Å². The number of hydrogen-bond acceptors (Lipinski definition) is 3. The summed E-state index contributed by atoms with van der Waals surface area (Å²) in [5.74, 6) is 1.32. The molecular formula is C22H23NO3. The summed E-state index contributed by atoms with van der Waals surface area (Å²) in [5.41, 5.74) is 1.74. The van der Waals surface area contributed by atoms with Gasteiger partial charge in [0.2, 0.25) is 5.91 Å². The maximum absolute atomic E-state index is 12.6. The van der Waals surface area contributed by atoms with Crippen molar-refractivity contribution < 1.29 is 14.3 Å². The molecule has 0 radical (unpaired) electrons. The van der Waals surface area contributed by atoms with Crippen LogP contribution in [0.25, 0.3) is 10.8 Å². The summed E-state index contributed by atoms with van der Waals surface area (Å²) in [5, 5.41) is 5.14. The summed E-state index contributed by atoms with van der Waals surface area (Å²) in [6, 6.07) is 19.4. The second-order valence-electron chi connectivity index (χ2n) is 6.14. The first-order valence-corrected chi connectivity index (χ1v) is 8.72. The normalized spacial score (nSPS) is 11.8. The Labute approximate surface area is 153 Å². The molecule has 4 nitrogen and oxygen atoms in total. The molecule has 1 N–H and O–H groups in total. The number of benzene rings is 3. The van der Waals surface area contributed by atoms with E-state index in [9.17, 15) is 4.79 Å². The van der Waals surface area contributed by atoms with Gasteiger partial charge in [0.15, 0.2) is 0 Å². The summed E-state index contributed by atoms with van der Waals surface area (Å²) in [6.07, 6.45) is 0. The first-order chi connectivity index (χ1) is 12.6. The zero-order valence-electron chi connectivity index (χ0n) is 15.3. The van der Waals surface area contributed by atoms with E-state index in [0.717, 1.165) is 33.5 Å².